The Bertz CT molecular complexity index is 829. The molecular weight excluding hydrogens is 332 g/mol. The predicted molar refractivity (Wildman–Crippen MR) is 99.0 cm³/mol. The zero-order chi connectivity index (χ0) is 18.9. The Morgan fingerprint density at radius 2 is 1.77 bits per heavy atom. The van der Waals surface area contributed by atoms with Crippen LogP contribution in [0.1, 0.15) is 18.1 Å². The highest BCUT2D eigenvalue weighted by molar-refractivity contribution is 5.99. The van der Waals surface area contributed by atoms with Gasteiger partial charge in [-0.3, -0.25) is 9.59 Å². The van der Waals surface area contributed by atoms with E-state index in [1.165, 1.54) is 13.0 Å². The van der Waals surface area contributed by atoms with Gasteiger partial charge in [0.15, 0.2) is 6.61 Å². The zero-order valence-electron chi connectivity index (χ0n) is 14.6. The third-order valence-electron chi connectivity index (χ3n) is 3.28. The molecule has 0 unspecified atom stereocenters. The molecular formula is C20H20N2O4. The number of hydrogen-bond donors (Lipinski definition) is 2. The predicted octanol–water partition coefficient (Wildman–Crippen LogP) is 2.65. The molecule has 2 aromatic rings. The Balaban J connectivity index is 1.99. The van der Waals surface area contributed by atoms with E-state index in [9.17, 15) is 14.4 Å². The third kappa shape index (κ3) is 6.24. The van der Waals surface area contributed by atoms with E-state index in [4.69, 9.17) is 4.74 Å². The number of nitrogens with one attached hydrogen (secondary N) is 2. The first-order valence-electron chi connectivity index (χ1n) is 8.02. The van der Waals surface area contributed by atoms with Crippen LogP contribution in [0, 0.1) is 6.92 Å². The maximum atomic E-state index is 12.2. The minimum Gasteiger partial charge on any atom is -0.451 e. The lowest BCUT2D eigenvalue weighted by Gasteiger charge is -2.10. The van der Waals surface area contributed by atoms with Crippen LogP contribution in [-0.2, 0) is 19.1 Å². The largest absolute Gasteiger partial charge is 0.451 e. The number of esters is 1. The maximum Gasteiger partial charge on any atom is 0.355 e. The van der Waals surface area contributed by atoms with E-state index in [0.717, 1.165) is 11.1 Å². The van der Waals surface area contributed by atoms with Crippen molar-refractivity contribution >= 4 is 29.5 Å². The standard InChI is InChI=1S/C20H20N2O4/c1-14-7-6-10-17(11-14)22-19(24)13-26-20(25)18(21-15(2)23)12-16-8-4-3-5-9-16/h3-12H,13H2,1-2H3,(H,21,23)(H,22,24)/b18-12-. The quantitative estimate of drug-likeness (QED) is 0.618. The van der Waals surface area contributed by atoms with Gasteiger partial charge in [-0.25, -0.2) is 4.79 Å². The summed E-state index contributed by atoms with van der Waals surface area (Å²) < 4.78 is 5.01. The van der Waals surface area contributed by atoms with E-state index in [1.807, 2.05) is 25.1 Å². The van der Waals surface area contributed by atoms with Crippen LogP contribution in [0.4, 0.5) is 5.69 Å². The van der Waals surface area contributed by atoms with Crippen molar-refractivity contribution in [1.82, 2.24) is 5.32 Å². The molecule has 134 valence electrons. The molecule has 0 aromatic heterocycles. The van der Waals surface area contributed by atoms with Crippen molar-refractivity contribution in [1.29, 1.82) is 0 Å². The summed E-state index contributed by atoms with van der Waals surface area (Å²) in [4.78, 5) is 35.5. The number of rotatable bonds is 6. The fourth-order valence-corrected chi connectivity index (χ4v) is 2.18. The highest BCUT2D eigenvalue weighted by Crippen LogP contribution is 2.10. The van der Waals surface area contributed by atoms with Crippen LogP contribution in [0.3, 0.4) is 0 Å². The summed E-state index contributed by atoms with van der Waals surface area (Å²) in [5.41, 5.74) is 2.30. The van der Waals surface area contributed by atoms with E-state index in [-0.39, 0.29) is 5.70 Å². The van der Waals surface area contributed by atoms with Crippen LogP contribution in [0.15, 0.2) is 60.3 Å². The van der Waals surface area contributed by atoms with Gasteiger partial charge < -0.3 is 15.4 Å². The van der Waals surface area contributed by atoms with Gasteiger partial charge in [0, 0.05) is 12.6 Å². The molecule has 0 atom stereocenters. The Labute approximate surface area is 151 Å². The lowest BCUT2D eigenvalue weighted by atomic mass is 10.2. The molecule has 0 bridgehead atoms. The summed E-state index contributed by atoms with van der Waals surface area (Å²) in [5.74, 6) is -1.66. The maximum absolute atomic E-state index is 12.2. The molecule has 0 aliphatic rings. The summed E-state index contributed by atoms with van der Waals surface area (Å²) in [5, 5.41) is 5.07. The first-order valence-corrected chi connectivity index (χ1v) is 8.02. The Kier molecular flexibility index (Phi) is 6.68. The Hall–Kier alpha value is -3.41. The minimum atomic E-state index is -0.788. The lowest BCUT2D eigenvalue weighted by Crippen LogP contribution is -2.28. The third-order valence-corrected chi connectivity index (χ3v) is 3.28. The van der Waals surface area contributed by atoms with Gasteiger partial charge in [-0.15, -0.1) is 0 Å². The molecule has 6 nitrogen and oxygen atoms in total. The van der Waals surface area contributed by atoms with Crippen LogP contribution < -0.4 is 10.6 Å². The van der Waals surface area contributed by atoms with Crippen molar-refractivity contribution in [2.24, 2.45) is 0 Å². The normalized spacial score (nSPS) is 10.8. The first kappa shape index (κ1) is 18.9. The number of ether oxygens (including phenoxy) is 1. The van der Waals surface area contributed by atoms with E-state index < -0.39 is 24.4 Å². The van der Waals surface area contributed by atoms with Crippen molar-refractivity contribution in [3.8, 4) is 0 Å². The molecule has 2 rings (SSSR count). The first-order chi connectivity index (χ1) is 12.4. The Morgan fingerprint density at radius 1 is 1.04 bits per heavy atom. The molecule has 0 aliphatic heterocycles. The topological polar surface area (TPSA) is 84.5 Å². The summed E-state index contributed by atoms with van der Waals surface area (Å²) >= 11 is 0. The molecule has 0 radical (unpaired) electrons. The number of carbonyl (C=O) groups excluding carboxylic acids is 3. The van der Waals surface area contributed by atoms with Gasteiger partial charge in [0.05, 0.1) is 0 Å². The van der Waals surface area contributed by atoms with Gasteiger partial charge in [0.2, 0.25) is 5.91 Å². The van der Waals surface area contributed by atoms with Crippen molar-refractivity contribution in [2.75, 3.05) is 11.9 Å². The number of hydrogen-bond acceptors (Lipinski definition) is 4. The minimum absolute atomic E-state index is 0.0351. The highest BCUT2D eigenvalue weighted by atomic mass is 16.5. The van der Waals surface area contributed by atoms with E-state index in [2.05, 4.69) is 10.6 Å². The van der Waals surface area contributed by atoms with Crippen LogP contribution in [0.5, 0.6) is 0 Å². The molecule has 2 aromatic carbocycles. The van der Waals surface area contributed by atoms with Gasteiger partial charge in [-0.05, 0) is 36.3 Å². The number of carbonyl (C=O) groups is 3. The zero-order valence-corrected chi connectivity index (χ0v) is 14.6. The van der Waals surface area contributed by atoms with Crippen LogP contribution in [-0.4, -0.2) is 24.4 Å². The molecule has 0 saturated heterocycles. The van der Waals surface area contributed by atoms with E-state index in [1.54, 1.807) is 36.4 Å². The summed E-state index contributed by atoms with van der Waals surface area (Å²) in [6.07, 6.45) is 1.49. The van der Waals surface area contributed by atoms with Gasteiger partial charge in [-0.2, -0.15) is 0 Å². The molecule has 6 heteroatoms. The smallest absolute Gasteiger partial charge is 0.355 e. The SMILES string of the molecule is CC(=O)N/C(=C\c1ccccc1)C(=O)OCC(=O)Nc1cccc(C)c1. The van der Waals surface area contributed by atoms with Gasteiger partial charge in [0.1, 0.15) is 5.70 Å². The lowest BCUT2D eigenvalue weighted by molar-refractivity contribution is -0.144. The fourth-order valence-electron chi connectivity index (χ4n) is 2.18. The van der Waals surface area contributed by atoms with E-state index in [0.29, 0.717) is 5.69 Å². The second kappa shape index (κ2) is 9.17. The number of amides is 2. The highest BCUT2D eigenvalue weighted by Gasteiger charge is 2.15. The molecule has 0 heterocycles. The van der Waals surface area contributed by atoms with Crippen molar-refractivity contribution in [3.63, 3.8) is 0 Å². The van der Waals surface area contributed by atoms with Gasteiger partial charge >= 0.3 is 5.97 Å². The molecule has 0 spiro atoms. The number of aryl methyl sites for hydroxylation is 1. The van der Waals surface area contributed by atoms with Gasteiger partial charge in [-0.1, -0.05) is 42.5 Å². The monoisotopic (exact) mass is 352 g/mol. The molecule has 0 saturated carbocycles. The Morgan fingerprint density at radius 3 is 2.42 bits per heavy atom. The summed E-state index contributed by atoms with van der Waals surface area (Å²) in [7, 11) is 0. The second-order valence-electron chi connectivity index (χ2n) is 5.64. The van der Waals surface area contributed by atoms with Crippen LogP contribution >= 0.6 is 0 Å². The average molecular weight is 352 g/mol. The number of anilines is 1. The molecule has 0 aliphatic carbocycles. The second-order valence-corrected chi connectivity index (χ2v) is 5.64. The average Bonchev–Trinajstić information content (AvgIpc) is 2.59. The summed E-state index contributed by atoms with van der Waals surface area (Å²) in [6.45, 7) is 2.73. The molecule has 2 N–H and O–H groups in total. The molecule has 26 heavy (non-hydrogen) atoms. The van der Waals surface area contributed by atoms with Gasteiger partial charge in [0.25, 0.3) is 5.91 Å². The summed E-state index contributed by atoms with van der Waals surface area (Å²) in [6, 6.07) is 16.3. The number of benzene rings is 2. The fraction of sp³-hybridized carbons (Fsp3) is 0.150. The molecule has 0 fully saturated rings. The van der Waals surface area contributed by atoms with Crippen molar-refractivity contribution in [3.05, 3.63) is 71.4 Å². The molecule has 2 amide bonds. The van der Waals surface area contributed by atoms with Crippen LogP contribution in [0.2, 0.25) is 0 Å². The van der Waals surface area contributed by atoms with Crippen molar-refractivity contribution in [2.45, 2.75) is 13.8 Å². The van der Waals surface area contributed by atoms with Crippen LogP contribution in [0.25, 0.3) is 6.08 Å². The van der Waals surface area contributed by atoms with E-state index >= 15 is 0 Å². The van der Waals surface area contributed by atoms with Crippen molar-refractivity contribution < 1.29 is 19.1 Å².